The number of carbonyl (C=O) groups excluding carboxylic acids is 2. The molecule has 2 amide bonds. The van der Waals surface area contributed by atoms with E-state index in [2.05, 4.69) is 10.3 Å². The third-order valence-corrected chi connectivity index (χ3v) is 3.73. The van der Waals surface area contributed by atoms with Crippen molar-refractivity contribution in [1.82, 2.24) is 15.2 Å². The quantitative estimate of drug-likeness (QED) is 0.839. The summed E-state index contributed by atoms with van der Waals surface area (Å²) in [7, 11) is 3.91. The summed E-state index contributed by atoms with van der Waals surface area (Å²) in [6, 6.07) is 9.53. The molecule has 0 unspecified atom stereocenters. The second kappa shape index (κ2) is 8.40. The van der Waals surface area contributed by atoms with Crippen LogP contribution in [0, 0.1) is 0 Å². The van der Waals surface area contributed by atoms with Crippen LogP contribution >= 0.6 is 0 Å². The molecule has 6 nitrogen and oxygen atoms in total. The van der Waals surface area contributed by atoms with E-state index in [1.165, 1.54) is 6.92 Å². The molecule has 0 fully saturated rings. The van der Waals surface area contributed by atoms with Crippen LogP contribution in [0.4, 0.5) is 5.69 Å². The number of aromatic nitrogens is 1. The van der Waals surface area contributed by atoms with E-state index in [-0.39, 0.29) is 18.2 Å². The SMILES string of the molecule is CC(=O)N(CCC(=O)NCCN(C)C)c1cccc2cccnc12. The topological polar surface area (TPSA) is 65.5 Å². The molecule has 0 atom stereocenters. The van der Waals surface area contributed by atoms with Crippen molar-refractivity contribution in [3.8, 4) is 0 Å². The van der Waals surface area contributed by atoms with E-state index in [1.807, 2.05) is 49.3 Å². The molecule has 24 heavy (non-hydrogen) atoms. The highest BCUT2D eigenvalue weighted by atomic mass is 16.2. The average Bonchev–Trinajstić information content (AvgIpc) is 2.54. The monoisotopic (exact) mass is 328 g/mol. The molecule has 0 aliphatic rings. The van der Waals surface area contributed by atoms with Gasteiger partial charge in [0.25, 0.3) is 0 Å². The molecule has 6 heteroatoms. The Labute approximate surface area is 142 Å². The van der Waals surface area contributed by atoms with Gasteiger partial charge in [0.2, 0.25) is 11.8 Å². The maximum atomic E-state index is 12.1. The smallest absolute Gasteiger partial charge is 0.223 e. The molecule has 2 rings (SSSR count). The normalized spacial score (nSPS) is 10.8. The minimum absolute atomic E-state index is 0.0590. The first kappa shape index (κ1) is 17.9. The molecule has 1 aromatic heterocycles. The van der Waals surface area contributed by atoms with Crippen LogP contribution in [0.1, 0.15) is 13.3 Å². The van der Waals surface area contributed by atoms with Gasteiger partial charge in [0.05, 0.1) is 11.2 Å². The number of likely N-dealkylation sites (N-methyl/N-ethyl adjacent to an activating group) is 1. The zero-order valence-electron chi connectivity index (χ0n) is 14.5. The molecule has 128 valence electrons. The second-order valence-corrected chi connectivity index (χ2v) is 5.93. The number of fused-ring (bicyclic) bond motifs is 1. The van der Waals surface area contributed by atoms with Crippen molar-refractivity contribution in [3.05, 3.63) is 36.5 Å². The highest BCUT2D eigenvalue weighted by Gasteiger charge is 2.16. The van der Waals surface area contributed by atoms with Crippen molar-refractivity contribution in [1.29, 1.82) is 0 Å². The molecule has 0 saturated heterocycles. The zero-order valence-corrected chi connectivity index (χ0v) is 14.5. The highest BCUT2D eigenvalue weighted by Crippen LogP contribution is 2.25. The van der Waals surface area contributed by atoms with E-state index in [9.17, 15) is 9.59 Å². The van der Waals surface area contributed by atoms with Gasteiger partial charge in [-0.05, 0) is 26.2 Å². The Balaban J connectivity index is 2.07. The first-order valence-electron chi connectivity index (χ1n) is 8.02. The van der Waals surface area contributed by atoms with Crippen LogP contribution in [0.5, 0.6) is 0 Å². The minimum Gasteiger partial charge on any atom is -0.355 e. The Kier molecular flexibility index (Phi) is 6.26. The summed E-state index contributed by atoms with van der Waals surface area (Å²) in [6.45, 7) is 3.22. The van der Waals surface area contributed by atoms with Gasteiger partial charge in [-0.25, -0.2) is 0 Å². The van der Waals surface area contributed by atoms with Crippen LogP contribution in [-0.4, -0.2) is 55.4 Å². The molecule has 0 aliphatic carbocycles. The Morgan fingerprint density at radius 1 is 1.12 bits per heavy atom. The number of carbonyl (C=O) groups is 2. The third-order valence-electron chi connectivity index (χ3n) is 3.73. The number of amides is 2. The molecular formula is C18H24N4O2. The summed E-state index contributed by atoms with van der Waals surface area (Å²) in [5.41, 5.74) is 1.50. The number of hydrogen-bond donors (Lipinski definition) is 1. The maximum absolute atomic E-state index is 12.1. The van der Waals surface area contributed by atoms with Gasteiger partial charge in [-0.2, -0.15) is 0 Å². The van der Waals surface area contributed by atoms with Crippen LogP contribution in [0.2, 0.25) is 0 Å². The van der Waals surface area contributed by atoms with Crippen molar-refractivity contribution in [3.63, 3.8) is 0 Å². The van der Waals surface area contributed by atoms with E-state index >= 15 is 0 Å². The molecule has 1 N–H and O–H groups in total. The first-order valence-corrected chi connectivity index (χ1v) is 8.02. The van der Waals surface area contributed by atoms with Crippen molar-refractivity contribution >= 4 is 28.4 Å². The fraction of sp³-hybridized carbons (Fsp3) is 0.389. The van der Waals surface area contributed by atoms with Gasteiger partial charge >= 0.3 is 0 Å². The van der Waals surface area contributed by atoms with E-state index in [4.69, 9.17) is 0 Å². The molecule has 1 aromatic carbocycles. The lowest BCUT2D eigenvalue weighted by atomic mass is 10.1. The summed E-state index contributed by atoms with van der Waals surface area (Å²) in [5.74, 6) is -0.162. The fourth-order valence-corrected chi connectivity index (χ4v) is 2.47. The Bertz CT molecular complexity index is 710. The van der Waals surface area contributed by atoms with Crippen molar-refractivity contribution < 1.29 is 9.59 Å². The molecule has 1 heterocycles. The lowest BCUT2D eigenvalue weighted by molar-refractivity contribution is -0.121. The maximum Gasteiger partial charge on any atom is 0.223 e. The Hall–Kier alpha value is -2.47. The van der Waals surface area contributed by atoms with Crippen LogP contribution in [0.3, 0.4) is 0 Å². The summed E-state index contributed by atoms with van der Waals surface area (Å²) in [4.78, 5) is 32.0. The van der Waals surface area contributed by atoms with Gasteiger partial charge in [-0.3, -0.25) is 14.6 Å². The fourth-order valence-electron chi connectivity index (χ4n) is 2.47. The summed E-state index contributed by atoms with van der Waals surface area (Å²) >= 11 is 0. The summed E-state index contributed by atoms with van der Waals surface area (Å²) < 4.78 is 0. The predicted molar refractivity (Wildman–Crippen MR) is 96.0 cm³/mol. The van der Waals surface area contributed by atoms with E-state index in [0.29, 0.717) is 13.1 Å². The molecule has 0 spiro atoms. The molecular weight excluding hydrogens is 304 g/mol. The summed E-state index contributed by atoms with van der Waals surface area (Å²) in [5, 5.41) is 3.83. The number of nitrogens with zero attached hydrogens (tertiary/aromatic N) is 3. The van der Waals surface area contributed by atoms with E-state index < -0.39 is 0 Å². The van der Waals surface area contributed by atoms with Gasteiger partial charge in [0.15, 0.2) is 0 Å². The number of anilines is 1. The average molecular weight is 328 g/mol. The number of rotatable bonds is 7. The van der Waals surface area contributed by atoms with Gasteiger partial charge in [-0.1, -0.05) is 18.2 Å². The number of hydrogen-bond acceptors (Lipinski definition) is 4. The van der Waals surface area contributed by atoms with Crippen LogP contribution < -0.4 is 10.2 Å². The third kappa shape index (κ3) is 4.76. The lowest BCUT2D eigenvalue weighted by Crippen LogP contribution is -2.36. The van der Waals surface area contributed by atoms with Gasteiger partial charge in [-0.15, -0.1) is 0 Å². The predicted octanol–water partition coefficient (Wildman–Crippen LogP) is 1.66. The molecule has 0 radical (unpaired) electrons. The molecule has 0 aliphatic heterocycles. The number of pyridine rings is 1. The van der Waals surface area contributed by atoms with Gasteiger partial charge in [0.1, 0.15) is 0 Å². The first-order chi connectivity index (χ1) is 11.5. The van der Waals surface area contributed by atoms with E-state index in [1.54, 1.807) is 11.1 Å². The molecule has 0 saturated carbocycles. The standard InChI is InChI=1S/C18H24N4O2/c1-14(23)22(12-9-17(24)19-11-13-21(2)3)16-8-4-6-15-7-5-10-20-18(15)16/h4-8,10H,9,11-13H2,1-3H3,(H,19,24). The highest BCUT2D eigenvalue weighted by molar-refractivity contribution is 6.01. The van der Waals surface area contributed by atoms with Crippen LogP contribution in [0.15, 0.2) is 36.5 Å². The zero-order chi connectivity index (χ0) is 17.5. The van der Waals surface area contributed by atoms with Crippen LogP contribution in [0.25, 0.3) is 10.9 Å². The van der Waals surface area contributed by atoms with Crippen molar-refractivity contribution in [2.24, 2.45) is 0 Å². The van der Waals surface area contributed by atoms with Gasteiger partial charge < -0.3 is 15.1 Å². The van der Waals surface area contributed by atoms with Crippen molar-refractivity contribution in [2.45, 2.75) is 13.3 Å². The van der Waals surface area contributed by atoms with Crippen molar-refractivity contribution in [2.75, 3.05) is 38.6 Å². The largest absolute Gasteiger partial charge is 0.355 e. The number of benzene rings is 1. The van der Waals surface area contributed by atoms with Crippen LogP contribution in [-0.2, 0) is 9.59 Å². The number of para-hydroxylation sites is 1. The Morgan fingerprint density at radius 2 is 1.88 bits per heavy atom. The minimum atomic E-state index is -0.103. The van der Waals surface area contributed by atoms with E-state index in [0.717, 1.165) is 23.1 Å². The van der Waals surface area contributed by atoms with Gasteiger partial charge in [0, 0.05) is 44.6 Å². The second-order valence-electron chi connectivity index (χ2n) is 5.93. The molecule has 0 bridgehead atoms. The summed E-state index contributed by atoms with van der Waals surface area (Å²) in [6.07, 6.45) is 1.97. The lowest BCUT2D eigenvalue weighted by Gasteiger charge is -2.22. The number of nitrogens with one attached hydrogen (secondary N) is 1. The molecule has 2 aromatic rings. The Morgan fingerprint density at radius 3 is 2.58 bits per heavy atom.